The average Bonchev–Trinajstić information content (AvgIpc) is 3.09. The third kappa shape index (κ3) is 40.4. The molecule has 0 saturated heterocycles. The van der Waals surface area contributed by atoms with E-state index in [0.717, 1.165) is 61.3 Å². The number of nitrogens with zero attached hydrogens (tertiary/aromatic N) is 1. The summed E-state index contributed by atoms with van der Waals surface area (Å²) in [5.74, 6) is -0.340. The van der Waals surface area contributed by atoms with Gasteiger partial charge in [-0.05, 0) is 64.2 Å². The maximum Gasteiger partial charge on any atom is 0.306 e. The van der Waals surface area contributed by atoms with E-state index in [1.807, 2.05) is 0 Å². The monoisotopic (exact) mass is 847 g/mol. The van der Waals surface area contributed by atoms with Gasteiger partial charge in [0, 0.05) is 24.6 Å². The van der Waals surface area contributed by atoms with Gasteiger partial charge in [0.05, 0.1) is 20.6 Å². The summed E-state index contributed by atoms with van der Waals surface area (Å²) in [5, 5.41) is 0.944. The van der Waals surface area contributed by atoms with Crippen LogP contribution < -0.4 is 17.0 Å². The normalized spacial score (nSPS) is 12.4. The maximum atomic E-state index is 12.8. The molecule has 0 bridgehead atoms. The van der Waals surface area contributed by atoms with E-state index in [1.165, 1.54) is 128 Å². The summed E-state index contributed by atoms with van der Waals surface area (Å²) in [7, 11) is 4.31. The van der Waals surface area contributed by atoms with Crippen molar-refractivity contribution in [2.24, 2.45) is 0 Å². The van der Waals surface area contributed by atoms with Crippen LogP contribution in [-0.4, -0.2) is 61.6 Å². The molecule has 0 aliphatic rings. The number of quaternary nitrogens is 1. The number of carbonyl (C=O) groups is 2. The van der Waals surface area contributed by atoms with Crippen molar-refractivity contribution < 1.29 is 40.5 Å². The molecule has 0 rings (SSSR count). The third-order valence-electron chi connectivity index (χ3n) is 9.61. The first-order valence-corrected chi connectivity index (χ1v) is 22.5. The Bertz CT molecular complexity index is 817. The molecule has 0 saturated carbocycles. The number of hydrogen-bond donors (Lipinski definition) is 0. The fourth-order valence-electron chi connectivity index (χ4n) is 6.44. The Hall–Kier alpha value is -0.660. The van der Waals surface area contributed by atoms with Gasteiger partial charge in [0.25, 0.3) is 0 Å². The summed E-state index contributed by atoms with van der Waals surface area (Å²) in [6.07, 6.45) is 43.1. The number of rotatable bonds is 38. The predicted octanol–water partition coefficient (Wildman–Crippen LogP) is 10.4. The number of likely N-dealkylation sites (N-methyl/N-ethyl adjacent to an activating group) is 1. The van der Waals surface area contributed by atoms with Crippen LogP contribution in [0.4, 0.5) is 0 Å². The zero-order chi connectivity index (χ0) is 36.8. The smallest absolute Gasteiger partial charge is 0.306 e. The first-order valence-electron chi connectivity index (χ1n) is 21.4. The molecule has 1 unspecified atom stereocenters. The second-order valence-electron chi connectivity index (χ2n) is 15.3. The molecule has 0 spiro atoms. The maximum absolute atomic E-state index is 12.8. The highest BCUT2D eigenvalue weighted by atomic mass is 79.9. The Balaban J connectivity index is 0. The molecule has 0 aromatic carbocycles. The van der Waals surface area contributed by atoms with Gasteiger partial charge >= 0.3 is 11.9 Å². The molecule has 0 radical (unpaired) electrons. The molecule has 0 aromatic heterocycles. The first kappa shape index (κ1) is 52.4. The van der Waals surface area contributed by atoms with E-state index >= 15 is 0 Å². The van der Waals surface area contributed by atoms with Crippen LogP contribution in [0.5, 0.6) is 0 Å². The van der Waals surface area contributed by atoms with Gasteiger partial charge < -0.3 is 30.9 Å². The highest BCUT2D eigenvalue weighted by Crippen LogP contribution is 2.14. The van der Waals surface area contributed by atoms with Crippen LogP contribution in [0.1, 0.15) is 200 Å². The Morgan fingerprint density at radius 1 is 0.549 bits per heavy atom. The lowest BCUT2D eigenvalue weighted by atomic mass is 10.1. The van der Waals surface area contributed by atoms with Crippen LogP contribution in [0.25, 0.3) is 0 Å². The van der Waals surface area contributed by atoms with Crippen molar-refractivity contribution in [3.8, 4) is 0 Å². The lowest BCUT2D eigenvalue weighted by Gasteiger charge is -2.33. The van der Waals surface area contributed by atoms with E-state index in [4.69, 9.17) is 9.47 Å². The van der Waals surface area contributed by atoms with Gasteiger partial charge in [-0.3, -0.25) is 9.59 Å². The molecule has 0 aliphatic heterocycles. The van der Waals surface area contributed by atoms with Crippen molar-refractivity contribution in [2.75, 3.05) is 39.1 Å². The molecule has 1 atom stereocenters. The van der Waals surface area contributed by atoms with Crippen LogP contribution in [0.15, 0.2) is 24.3 Å². The van der Waals surface area contributed by atoms with Gasteiger partial charge in [0.1, 0.15) is 13.2 Å². The summed E-state index contributed by atoms with van der Waals surface area (Å²) >= 11 is 3.53. The largest absolute Gasteiger partial charge is 1.00 e. The quantitative estimate of drug-likeness (QED) is 0.0204. The SMILES string of the molecule is CCCCCCCCC=CCCCCCCCC(=O)OCC(C[N+](C)(C)CCCBr)OC(=O)CCCCCCCC=CCCCCCCCC.[Br-]. The summed E-state index contributed by atoms with van der Waals surface area (Å²) in [5.41, 5.74) is 0. The van der Waals surface area contributed by atoms with Crippen LogP contribution >= 0.6 is 15.9 Å². The molecule has 0 aromatic rings. The molecule has 302 valence electrons. The number of unbranched alkanes of at least 4 members (excludes halogenated alkanes) is 22. The number of carbonyl (C=O) groups excluding carboxylic acids is 2. The fourth-order valence-corrected chi connectivity index (χ4v) is 6.69. The van der Waals surface area contributed by atoms with Gasteiger partial charge in [0.2, 0.25) is 0 Å². The molecular formula is C44H83Br2NO4. The fraction of sp³-hybridized carbons (Fsp3) is 0.864. The van der Waals surface area contributed by atoms with E-state index in [9.17, 15) is 9.59 Å². The summed E-state index contributed by atoms with van der Waals surface area (Å²) in [6, 6.07) is 0. The minimum Gasteiger partial charge on any atom is -1.00 e. The highest BCUT2D eigenvalue weighted by Gasteiger charge is 2.26. The highest BCUT2D eigenvalue weighted by molar-refractivity contribution is 9.09. The number of ether oxygens (including phenoxy) is 2. The Morgan fingerprint density at radius 3 is 1.33 bits per heavy atom. The number of hydrogen-bond acceptors (Lipinski definition) is 4. The van der Waals surface area contributed by atoms with Gasteiger partial charge in [-0.15, -0.1) is 0 Å². The number of allylic oxidation sites excluding steroid dienone is 4. The van der Waals surface area contributed by atoms with Gasteiger partial charge in [-0.25, -0.2) is 0 Å². The van der Waals surface area contributed by atoms with Crippen molar-refractivity contribution in [2.45, 2.75) is 206 Å². The van der Waals surface area contributed by atoms with Crippen LogP contribution in [0.2, 0.25) is 0 Å². The number of alkyl halides is 1. The molecule has 0 N–H and O–H groups in total. The Labute approximate surface area is 336 Å². The zero-order valence-corrected chi connectivity index (χ0v) is 37.2. The van der Waals surface area contributed by atoms with E-state index in [-0.39, 0.29) is 35.5 Å². The van der Waals surface area contributed by atoms with E-state index in [0.29, 0.717) is 19.4 Å². The van der Waals surface area contributed by atoms with Gasteiger partial charge in [-0.2, -0.15) is 0 Å². The zero-order valence-electron chi connectivity index (χ0n) is 34.1. The topological polar surface area (TPSA) is 52.6 Å². The van der Waals surface area contributed by atoms with E-state index in [1.54, 1.807) is 0 Å². The van der Waals surface area contributed by atoms with Crippen LogP contribution in [0, 0.1) is 0 Å². The van der Waals surface area contributed by atoms with Gasteiger partial charge in [0.15, 0.2) is 6.10 Å². The predicted molar refractivity (Wildman–Crippen MR) is 220 cm³/mol. The lowest BCUT2D eigenvalue weighted by Crippen LogP contribution is -3.00. The second-order valence-corrected chi connectivity index (χ2v) is 16.1. The van der Waals surface area contributed by atoms with Crippen molar-refractivity contribution in [3.63, 3.8) is 0 Å². The Kier molecular flexibility index (Phi) is 41.7. The molecule has 5 nitrogen and oxygen atoms in total. The average molecular weight is 850 g/mol. The lowest BCUT2D eigenvalue weighted by molar-refractivity contribution is -0.893. The molecule has 0 fully saturated rings. The molecule has 51 heavy (non-hydrogen) atoms. The molecular weight excluding hydrogens is 766 g/mol. The van der Waals surface area contributed by atoms with Gasteiger partial charge in [-0.1, -0.05) is 157 Å². The third-order valence-corrected chi connectivity index (χ3v) is 10.2. The minimum absolute atomic E-state index is 0. The van der Waals surface area contributed by atoms with Crippen LogP contribution in [0.3, 0.4) is 0 Å². The van der Waals surface area contributed by atoms with Crippen molar-refractivity contribution in [1.82, 2.24) is 0 Å². The van der Waals surface area contributed by atoms with E-state index in [2.05, 4.69) is 68.2 Å². The Morgan fingerprint density at radius 2 is 0.922 bits per heavy atom. The number of esters is 2. The first-order chi connectivity index (χ1) is 24.3. The summed E-state index contributed by atoms with van der Waals surface area (Å²) in [4.78, 5) is 25.3. The second kappa shape index (κ2) is 40.5. The number of halogens is 2. The molecule has 0 heterocycles. The standard InChI is InChI=1S/C44H83BrNO4.BrH/c1-5-7-9-11-13-15-17-19-21-23-25-27-29-31-33-36-43(47)49-41-42(40-46(3,4)39-35-38-45)50-44(48)37-34-32-30-28-26-24-22-20-18-16-14-12-10-8-6-2;/h19-22,42H,5-18,23-41H2,1-4H3;1H/q+1;/p-1. The minimum atomic E-state index is -0.408. The van der Waals surface area contributed by atoms with Crippen LogP contribution in [-0.2, 0) is 19.1 Å². The van der Waals surface area contributed by atoms with E-state index < -0.39 is 6.10 Å². The molecule has 0 amide bonds. The van der Waals surface area contributed by atoms with Crippen molar-refractivity contribution in [3.05, 3.63) is 24.3 Å². The molecule has 7 heteroatoms. The van der Waals surface area contributed by atoms with Crippen molar-refractivity contribution >= 4 is 27.9 Å². The van der Waals surface area contributed by atoms with Crippen molar-refractivity contribution in [1.29, 1.82) is 0 Å². The summed E-state index contributed by atoms with van der Waals surface area (Å²) < 4.78 is 12.3. The molecule has 0 aliphatic carbocycles. The summed E-state index contributed by atoms with van der Waals surface area (Å²) in [6.45, 7) is 6.30.